The van der Waals surface area contributed by atoms with E-state index in [0.717, 1.165) is 7.11 Å². The van der Waals surface area contributed by atoms with Gasteiger partial charge in [-0.1, -0.05) is 0 Å². The Morgan fingerprint density at radius 1 is 0.867 bits per heavy atom. The first-order valence-corrected chi connectivity index (χ1v) is 8.94. The minimum atomic E-state index is -5.33. The molecule has 0 aliphatic heterocycles. The molecule has 0 spiro atoms. The van der Waals surface area contributed by atoms with E-state index in [0.29, 0.717) is 6.07 Å². The molecule has 2 rings (SSSR count). The van der Waals surface area contributed by atoms with Gasteiger partial charge in [-0.15, -0.1) is 0 Å². The normalized spacial score (nSPS) is 12.6. The number of anilines is 1. The van der Waals surface area contributed by atoms with Crippen molar-refractivity contribution < 1.29 is 53.1 Å². The summed E-state index contributed by atoms with van der Waals surface area (Å²) in [4.78, 5) is 9.94. The van der Waals surface area contributed by atoms with Crippen molar-refractivity contribution in [3.8, 4) is 0 Å². The van der Waals surface area contributed by atoms with E-state index in [9.17, 15) is 48.3 Å². The molecule has 2 aromatic rings. The first-order valence-electron chi connectivity index (χ1n) is 7.46. The molecule has 0 bridgehead atoms. The maximum Gasteiger partial charge on any atom is 0.416 e. The fraction of sp³-hybridized carbons (Fsp3) is 0.188. The van der Waals surface area contributed by atoms with Crippen molar-refractivity contribution >= 4 is 21.7 Å². The van der Waals surface area contributed by atoms with Crippen LogP contribution in [0.2, 0.25) is 0 Å². The average molecular weight is 463 g/mol. The van der Waals surface area contributed by atoms with Crippen molar-refractivity contribution in [2.75, 3.05) is 11.8 Å². The summed E-state index contributed by atoms with van der Waals surface area (Å²) in [6.07, 6.45) is -10.7. The Labute approximate surface area is 163 Å². The molecule has 0 unspecified atom stereocenters. The Bertz CT molecular complexity index is 1060. The second kappa shape index (κ2) is 7.74. The Morgan fingerprint density at radius 2 is 1.37 bits per heavy atom. The predicted molar refractivity (Wildman–Crippen MR) is 85.0 cm³/mol. The van der Waals surface area contributed by atoms with Crippen LogP contribution < -0.4 is 4.72 Å². The fourth-order valence-electron chi connectivity index (χ4n) is 2.18. The van der Waals surface area contributed by atoms with Gasteiger partial charge in [0.05, 0.1) is 34.4 Å². The second-order valence-electron chi connectivity index (χ2n) is 5.65. The van der Waals surface area contributed by atoms with Gasteiger partial charge in [-0.05, 0) is 24.3 Å². The molecule has 2 aromatic carbocycles. The zero-order chi connectivity index (χ0) is 23.1. The first kappa shape index (κ1) is 23.4. The molecule has 164 valence electrons. The van der Waals surface area contributed by atoms with Crippen molar-refractivity contribution in [1.29, 1.82) is 0 Å². The number of carbonyl (C=O) groups is 1. The summed E-state index contributed by atoms with van der Waals surface area (Å²) in [5, 5.41) is 0. The molecule has 0 aliphatic carbocycles. The van der Waals surface area contributed by atoms with Crippen molar-refractivity contribution in [2.45, 2.75) is 17.2 Å². The number of sulfonamides is 1. The lowest BCUT2D eigenvalue weighted by Gasteiger charge is -2.15. The molecule has 0 saturated heterocycles. The summed E-state index contributed by atoms with van der Waals surface area (Å²) < 4.78 is 135. The fourth-order valence-corrected chi connectivity index (χ4v) is 3.31. The van der Waals surface area contributed by atoms with Crippen LogP contribution in [0.25, 0.3) is 0 Å². The van der Waals surface area contributed by atoms with Crippen LogP contribution in [0.3, 0.4) is 0 Å². The van der Waals surface area contributed by atoms with E-state index in [-0.39, 0.29) is 24.3 Å². The van der Waals surface area contributed by atoms with Crippen molar-refractivity contribution in [2.24, 2.45) is 0 Å². The number of alkyl halides is 6. The summed E-state index contributed by atoms with van der Waals surface area (Å²) in [6.45, 7) is 0. The molecule has 0 heterocycles. The average Bonchev–Trinajstić information content (AvgIpc) is 2.61. The highest BCUT2D eigenvalue weighted by Crippen LogP contribution is 2.37. The highest BCUT2D eigenvalue weighted by molar-refractivity contribution is 7.92. The van der Waals surface area contributed by atoms with Crippen LogP contribution >= 0.6 is 0 Å². The van der Waals surface area contributed by atoms with Crippen molar-refractivity contribution in [1.82, 2.24) is 0 Å². The first-order chi connectivity index (χ1) is 13.6. The smallest absolute Gasteiger partial charge is 0.416 e. The van der Waals surface area contributed by atoms with E-state index in [2.05, 4.69) is 4.74 Å². The van der Waals surface area contributed by atoms with E-state index >= 15 is 0 Å². The summed E-state index contributed by atoms with van der Waals surface area (Å²) in [5.41, 5.74) is -5.89. The zero-order valence-corrected chi connectivity index (χ0v) is 15.3. The number of methoxy groups -OCH3 is 1. The van der Waals surface area contributed by atoms with Crippen LogP contribution in [0.15, 0.2) is 35.2 Å². The third kappa shape index (κ3) is 4.98. The molecule has 1 N–H and O–H groups in total. The number of rotatable bonds is 4. The number of hydrogen-bond donors (Lipinski definition) is 1. The summed E-state index contributed by atoms with van der Waals surface area (Å²) >= 11 is 0. The van der Waals surface area contributed by atoms with Crippen LogP contribution in [0, 0.1) is 11.6 Å². The minimum Gasteiger partial charge on any atom is -0.465 e. The molecule has 0 aliphatic rings. The largest absolute Gasteiger partial charge is 0.465 e. The van der Waals surface area contributed by atoms with Gasteiger partial charge in [0.15, 0.2) is 0 Å². The maximum absolute atomic E-state index is 13.9. The lowest BCUT2D eigenvalue weighted by Crippen LogP contribution is -2.18. The highest BCUT2D eigenvalue weighted by Gasteiger charge is 2.38. The standard InChI is InChI=1S/C16H9F8NO4S/c1-29-14(26)10-5-13(12(18)6-11(10)17)25-30(27,28)9-3-7(15(19,20)21)2-8(4-9)16(22,23)24/h2-6,25H,1H3. The maximum atomic E-state index is 13.9. The molecular formula is C16H9F8NO4S. The molecular weight excluding hydrogens is 454 g/mol. The minimum absolute atomic E-state index is 0.0807. The molecule has 0 saturated carbocycles. The van der Waals surface area contributed by atoms with Gasteiger partial charge in [-0.3, -0.25) is 4.72 Å². The molecule has 0 aromatic heterocycles. The van der Waals surface area contributed by atoms with Crippen molar-refractivity contribution in [3.63, 3.8) is 0 Å². The van der Waals surface area contributed by atoms with E-state index in [1.807, 2.05) is 0 Å². The second-order valence-corrected chi connectivity index (χ2v) is 7.33. The third-order valence-electron chi connectivity index (χ3n) is 3.58. The third-order valence-corrected chi connectivity index (χ3v) is 4.92. The predicted octanol–water partition coefficient (Wildman–Crippen LogP) is 4.59. The monoisotopic (exact) mass is 463 g/mol. The van der Waals surface area contributed by atoms with Gasteiger partial charge >= 0.3 is 18.3 Å². The Hall–Kier alpha value is -2.90. The number of hydrogen-bond acceptors (Lipinski definition) is 4. The number of halogens is 8. The summed E-state index contributed by atoms with van der Waals surface area (Å²) in [5.74, 6) is -4.38. The van der Waals surface area contributed by atoms with Gasteiger partial charge in [0.2, 0.25) is 0 Å². The van der Waals surface area contributed by atoms with Crippen LogP contribution in [-0.2, 0) is 27.1 Å². The van der Waals surface area contributed by atoms with E-state index in [1.54, 1.807) is 0 Å². The van der Waals surface area contributed by atoms with E-state index in [1.165, 1.54) is 4.72 Å². The Morgan fingerprint density at radius 3 is 1.80 bits per heavy atom. The van der Waals surface area contributed by atoms with Gasteiger partial charge in [0, 0.05) is 6.07 Å². The van der Waals surface area contributed by atoms with Crippen molar-refractivity contribution in [3.05, 3.63) is 58.7 Å². The van der Waals surface area contributed by atoms with Crippen LogP contribution in [0.4, 0.5) is 40.8 Å². The topological polar surface area (TPSA) is 72.5 Å². The highest BCUT2D eigenvalue weighted by atomic mass is 32.2. The summed E-state index contributed by atoms with van der Waals surface area (Å²) in [7, 11) is -4.40. The van der Waals surface area contributed by atoms with Gasteiger partial charge in [-0.25, -0.2) is 22.0 Å². The molecule has 5 nitrogen and oxygen atoms in total. The molecule has 0 radical (unpaired) electrons. The number of carbonyl (C=O) groups excluding carboxylic acids is 1. The van der Waals surface area contributed by atoms with Crippen LogP contribution in [-0.4, -0.2) is 21.5 Å². The lowest BCUT2D eigenvalue weighted by molar-refractivity contribution is -0.143. The Balaban J connectivity index is 2.62. The molecule has 30 heavy (non-hydrogen) atoms. The summed E-state index contributed by atoms with van der Waals surface area (Å²) in [6, 6.07) is -0.0724. The number of benzene rings is 2. The van der Waals surface area contributed by atoms with Gasteiger partial charge in [0.25, 0.3) is 10.0 Å². The molecule has 14 heteroatoms. The Kier molecular flexibility index (Phi) is 6.03. The SMILES string of the molecule is COC(=O)c1cc(NS(=O)(=O)c2cc(C(F)(F)F)cc(C(F)(F)F)c2)c(F)cc1F. The zero-order valence-electron chi connectivity index (χ0n) is 14.5. The van der Waals surface area contributed by atoms with E-state index < -0.39 is 67.3 Å². The number of esters is 1. The van der Waals surface area contributed by atoms with Gasteiger partial charge in [0.1, 0.15) is 11.6 Å². The van der Waals surface area contributed by atoms with Gasteiger partial charge < -0.3 is 4.74 Å². The lowest BCUT2D eigenvalue weighted by atomic mass is 10.1. The van der Waals surface area contributed by atoms with Gasteiger partial charge in [-0.2, -0.15) is 26.3 Å². The molecule has 0 amide bonds. The number of ether oxygens (including phenoxy) is 1. The molecule has 0 fully saturated rings. The number of nitrogens with one attached hydrogen (secondary N) is 1. The van der Waals surface area contributed by atoms with Crippen LogP contribution in [0.5, 0.6) is 0 Å². The van der Waals surface area contributed by atoms with Crippen LogP contribution in [0.1, 0.15) is 21.5 Å². The quantitative estimate of drug-likeness (QED) is 0.532. The van der Waals surface area contributed by atoms with E-state index in [4.69, 9.17) is 0 Å². The molecule has 0 atom stereocenters.